The Balaban J connectivity index is 1.83. The zero-order valence-corrected chi connectivity index (χ0v) is 15.3. The largest absolute Gasteiger partial charge is 0.393 e. The first-order valence-electron chi connectivity index (χ1n) is 9.61. The second kappa shape index (κ2) is 6.80. The fraction of sp³-hybridized carbons (Fsp3) is 0.682. The minimum absolute atomic E-state index is 0.395. The summed E-state index contributed by atoms with van der Waals surface area (Å²) in [6.07, 6.45) is 10.7. The summed E-state index contributed by atoms with van der Waals surface area (Å²) in [5, 5.41) is 19.9. The van der Waals surface area contributed by atoms with Gasteiger partial charge in [0.2, 0.25) is 0 Å². The van der Waals surface area contributed by atoms with Crippen LogP contribution in [0.25, 0.3) is 0 Å². The third-order valence-corrected chi connectivity index (χ3v) is 6.99. The molecule has 0 amide bonds. The van der Waals surface area contributed by atoms with Gasteiger partial charge in [-0.25, -0.2) is 0 Å². The monoisotopic (exact) mass is 329 g/mol. The minimum Gasteiger partial charge on any atom is -0.393 e. The summed E-state index contributed by atoms with van der Waals surface area (Å²) in [7, 11) is 0. The van der Waals surface area contributed by atoms with Gasteiger partial charge in [0.1, 0.15) is 0 Å². The Kier molecular flexibility index (Phi) is 5.09. The van der Waals surface area contributed by atoms with Crippen LogP contribution in [0.4, 0.5) is 0 Å². The summed E-state index contributed by atoms with van der Waals surface area (Å²) in [4.78, 5) is 0. The number of hydrogen-bond donors (Lipinski definition) is 2. The molecular weight excluding hydrogens is 296 g/mol. The van der Waals surface area contributed by atoms with Gasteiger partial charge in [-0.1, -0.05) is 45.1 Å². The van der Waals surface area contributed by atoms with Crippen molar-refractivity contribution < 1.29 is 10.2 Å². The van der Waals surface area contributed by atoms with Crippen molar-refractivity contribution >= 4 is 0 Å². The highest BCUT2D eigenvalue weighted by Crippen LogP contribution is 2.59. The van der Waals surface area contributed by atoms with Crippen LogP contribution in [0, 0.1) is 30.1 Å². The molecule has 3 saturated carbocycles. The molecule has 3 rings (SSSR count). The van der Waals surface area contributed by atoms with E-state index in [0.29, 0.717) is 30.1 Å². The van der Waals surface area contributed by atoms with Gasteiger partial charge in [0, 0.05) is 6.42 Å². The van der Waals surface area contributed by atoms with Gasteiger partial charge >= 0.3 is 0 Å². The van der Waals surface area contributed by atoms with Crippen molar-refractivity contribution in [2.24, 2.45) is 23.2 Å². The number of aliphatic hydroxyl groups excluding tert-OH is 2. The van der Waals surface area contributed by atoms with Gasteiger partial charge in [-0.2, -0.15) is 0 Å². The molecule has 3 unspecified atom stereocenters. The molecule has 24 heavy (non-hydrogen) atoms. The second-order valence-electron chi connectivity index (χ2n) is 8.64. The second-order valence-corrected chi connectivity index (χ2v) is 8.64. The van der Waals surface area contributed by atoms with E-state index in [4.69, 9.17) is 0 Å². The lowest BCUT2D eigenvalue weighted by Gasteiger charge is -2.43. The lowest BCUT2D eigenvalue weighted by molar-refractivity contribution is 0.0862. The third kappa shape index (κ3) is 3.15. The van der Waals surface area contributed by atoms with Gasteiger partial charge in [-0.3, -0.25) is 0 Å². The number of allylic oxidation sites excluding steroid dienone is 3. The Morgan fingerprint density at radius 2 is 2.00 bits per heavy atom. The first-order chi connectivity index (χ1) is 11.3. The van der Waals surface area contributed by atoms with E-state index in [-0.39, 0.29) is 0 Å². The van der Waals surface area contributed by atoms with E-state index in [1.54, 1.807) is 5.57 Å². The summed E-state index contributed by atoms with van der Waals surface area (Å²) < 4.78 is 0. The number of aliphatic hydroxyl groups is 2. The van der Waals surface area contributed by atoms with Crippen molar-refractivity contribution in [2.75, 3.05) is 0 Å². The zero-order chi connectivity index (χ0) is 17.5. The highest BCUT2D eigenvalue weighted by atomic mass is 16.3. The molecule has 133 valence electrons. The van der Waals surface area contributed by atoms with E-state index in [1.807, 2.05) is 0 Å². The van der Waals surface area contributed by atoms with Crippen LogP contribution in [-0.4, -0.2) is 22.4 Å². The molecule has 2 N–H and O–H groups in total. The fourth-order valence-corrected chi connectivity index (χ4v) is 5.68. The molecule has 3 aliphatic rings. The summed E-state index contributed by atoms with van der Waals surface area (Å²) in [5.41, 5.74) is 3.75. The molecule has 0 saturated heterocycles. The smallest absolute Gasteiger partial charge is 0.0811 e. The summed E-state index contributed by atoms with van der Waals surface area (Å²) in [6.45, 7) is 13.1. The standard InChI is InChI=1S/C22H33O2/c1-14(2)19-9-10-20-16(6-5-11-22(19,20)4)7-8-17-12-18(23)13-21(24)15(17)3/h7-8,14,18-21,23-24H,1,3,5-6,9-13H2,2,4H3/t14?,18?,19-,20+,21?,22-/m1/s1. The zero-order valence-electron chi connectivity index (χ0n) is 15.3. The molecule has 2 nitrogen and oxygen atoms in total. The predicted octanol–water partition coefficient (Wildman–Crippen LogP) is 4.60. The average molecular weight is 330 g/mol. The molecule has 0 aromatic rings. The summed E-state index contributed by atoms with van der Waals surface area (Å²) in [6, 6.07) is 0. The van der Waals surface area contributed by atoms with Crippen LogP contribution < -0.4 is 0 Å². The summed E-state index contributed by atoms with van der Waals surface area (Å²) in [5.74, 6) is 1.91. The molecule has 3 fully saturated rings. The highest BCUT2D eigenvalue weighted by Gasteiger charge is 2.49. The maximum absolute atomic E-state index is 10.0. The molecule has 0 aromatic heterocycles. The topological polar surface area (TPSA) is 40.5 Å². The Bertz CT molecular complexity index is 556. The van der Waals surface area contributed by atoms with E-state index < -0.39 is 12.2 Å². The number of hydrogen-bond acceptors (Lipinski definition) is 2. The molecule has 0 bridgehead atoms. The van der Waals surface area contributed by atoms with E-state index in [0.717, 1.165) is 17.1 Å². The van der Waals surface area contributed by atoms with E-state index in [1.165, 1.54) is 32.1 Å². The van der Waals surface area contributed by atoms with Gasteiger partial charge in [0.25, 0.3) is 0 Å². The maximum Gasteiger partial charge on any atom is 0.0811 e. The van der Waals surface area contributed by atoms with Crippen molar-refractivity contribution in [1.29, 1.82) is 0 Å². The van der Waals surface area contributed by atoms with Crippen LogP contribution >= 0.6 is 0 Å². The van der Waals surface area contributed by atoms with Crippen LogP contribution in [0.1, 0.15) is 58.8 Å². The van der Waals surface area contributed by atoms with Crippen molar-refractivity contribution in [1.82, 2.24) is 0 Å². The molecule has 3 aliphatic carbocycles. The van der Waals surface area contributed by atoms with Gasteiger partial charge in [0.05, 0.1) is 12.2 Å². The van der Waals surface area contributed by atoms with Crippen molar-refractivity contribution in [2.45, 2.75) is 71.0 Å². The first-order valence-corrected chi connectivity index (χ1v) is 9.61. The quantitative estimate of drug-likeness (QED) is 0.777. The SMILES string of the molecule is [CH2]C(C)[C@H]1CC[C@H]2C(=CC=C3CC(O)CC(O)C3=C)CCC[C@]12C. The normalized spacial score (nSPS) is 43.7. The Labute approximate surface area is 147 Å². The van der Waals surface area contributed by atoms with Crippen LogP contribution in [0.3, 0.4) is 0 Å². The van der Waals surface area contributed by atoms with E-state index >= 15 is 0 Å². The molecule has 0 spiro atoms. The van der Waals surface area contributed by atoms with Gasteiger partial charge in [-0.15, -0.1) is 0 Å². The molecule has 1 radical (unpaired) electrons. The Hall–Kier alpha value is -0.860. The first kappa shape index (κ1) is 17.9. The summed E-state index contributed by atoms with van der Waals surface area (Å²) >= 11 is 0. The average Bonchev–Trinajstić information content (AvgIpc) is 2.87. The van der Waals surface area contributed by atoms with Crippen LogP contribution in [-0.2, 0) is 0 Å². The van der Waals surface area contributed by atoms with E-state index in [2.05, 4.69) is 39.5 Å². The molecule has 6 atom stereocenters. The molecule has 2 heteroatoms. The lowest BCUT2D eigenvalue weighted by Crippen LogP contribution is -2.35. The number of rotatable bonds is 2. The third-order valence-electron chi connectivity index (χ3n) is 6.99. The van der Waals surface area contributed by atoms with Gasteiger partial charge in [-0.05, 0) is 72.8 Å². The minimum atomic E-state index is -0.599. The molecule has 0 aromatic carbocycles. The van der Waals surface area contributed by atoms with E-state index in [9.17, 15) is 10.2 Å². The van der Waals surface area contributed by atoms with Crippen LogP contribution in [0.5, 0.6) is 0 Å². The lowest BCUT2D eigenvalue weighted by atomic mass is 9.61. The van der Waals surface area contributed by atoms with Crippen LogP contribution in [0.2, 0.25) is 0 Å². The Morgan fingerprint density at radius 3 is 2.71 bits per heavy atom. The predicted molar refractivity (Wildman–Crippen MR) is 99.2 cm³/mol. The molecular formula is C22H33O2. The van der Waals surface area contributed by atoms with Gasteiger partial charge < -0.3 is 10.2 Å². The molecule has 0 aliphatic heterocycles. The van der Waals surface area contributed by atoms with Crippen molar-refractivity contribution in [3.05, 3.63) is 42.4 Å². The maximum atomic E-state index is 10.0. The number of fused-ring (bicyclic) bond motifs is 1. The van der Waals surface area contributed by atoms with Gasteiger partial charge in [0.15, 0.2) is 0 Å². The van der Waals surface area contributed by atoms with Crippen molar-refractivity contribution in [3.63, 3.8) is 0 Å². The fourth-order valence-electron chi connectivity index (χ4n) is 5.68. The molecule has 0 heterocycles. The Morgan fingerprint density at radius 1 is 1.25 bits per heavy atom. The highest BCUT2D eigenvalue weighted by molar-refractivity contribution is 5.38. The van der Waals surface area contributed by atoms with Crippen molar-refractivity contribution in [3.8, 4) is 0 Å². The van der Waals surface area contributed by atoms with Crippen LogP contribution in [0.15, 0.2) is 35.5 Å².